The molecule has 0 aliphatic carbocycles. The summed E-state index contributed by atoms with van der Waals surface area (Å²) >= 11 is 5.96. The third kappa shape index (κ3) is 2.19. The summed E-state index contributed by atoms with van der Waals surface area (Å²) in [6, 6.07) is 5.29. The third-order valence-corrected chi connectivity index (χ3v) is 2.91. The molecule has 0 bridgehead atoms. The van der Waals surface area contributed by atoms with Crippen molar-refractivity contribution < 1.29 is 5.11 Å². The van der Waals surface area contributed by atoms with E-state index in [0.29, 0.717) is 16.4 Å². The highest BCUT2D eigenvalue weighted by Gasteiger charge is 2.11. The minimum absolute atomic E-state index is 0.121. The van der Waals surface area contributed by atoms with E-state index in [0.717, 1.165) is 5.39 Å². The Morgan fingerprint density at radius 2 is 2.17 bits per heavy atom. The Morgan fingerprint density at radius 1 is 1.44 bits per heavy atom. The standard InChI is InChI=1S/C12H14ClN3O2/c1-15(2)11-9-4-3-8(13)7-10(9)16(5-6-17)12(18)14-11/h3-4,7,17H,5-6H2,1-2H3. The first kappa shape index (κ1) is 12.9. The topological polar surface area (TPSA) is 58.4 Å². The summed E-state index contributed by atoms with van der Waals surface area (Å²) in [4.78, 5) is 17.7. The number of hydrogen-bond donors (Lipinski definition) is 1. The molecule has 6 heteroatoms. The maximum atomic E-state index is 11.9. The molecule has 1 aromatic carbocycles. The van der Waals surface area contributed by atoms with Gasteiger partial charge in [0.25, 0.3) is 0 Å². The summed E-state index contributed by atoms with van der Waals surface area (Å²) in [5.41, 5.74) is 0.294. The van der Waals surface area contributed by atoms with Crippen LogP contribution in [0.25, 0.3) is 10.9 Å². The molecule has 0 aliphatic heterocycles. The summed E-state index contributed by atoms with van der Waals surface area (Å²) in [5, 5.41) is 10.4. The monoisotopic (exact) mass is 267 g/mol. The van der Waals surface area contributed by atoms with Crippen molar-refractivity contribution in [1.29, 1.82) is 0 Å². The average molecular weight is 268 g/mol. The van der Waals surface area contributed by atoms with Gasteiger partial charge < -0.3 is 10.0 Å². The summed E-state index contributed by atoms with van der Waals surface area (Å²) in [6.45, 7) is 0.0842. The number of nitrogens with zero attached hydrogens (tertiary/aromatic N) is 3. The lowest BCUT2D eigenvalue weighted by atomic mass is 10.2. The Morgan fingerprint density at radius 3 is 2.78 bits per heavy atom. The zero-order valence-electron chi connectivity index (χ0n) is 10.2. The first-order chi connectivity index (χ1) is 8.54. The van der Waals surface area contributed by atoms with Crippen LogP contribution >= 0.6 is 11.6 Å². The highest BCUT2D eigenvalue weighted by molar-refractivity contribution is 6.31. The first-order valence-electron chi connectivity index (χ1n) is 5.53. The Kier molecular flexibility index (Phi) is 3.54. The molecule has 1 aromatic heterocycles. The molecule has 5 nitrogen and oxygen atoms in total. The highest BCUT2D eigenvalue weighted by Crippen LogP contribution is 2.24. The van der Waals surface area contributed by atoms with Crippen LogP contribution in [0.4, 0.5) is 5.82 Å². The minimum atomic E-state index is -0.387. The van der Waals surface area contributed by atoms with Crippen molar-refractivity contribution in [1.82, 2.24) is 9.55 Å². The van der Waals surface area contributed by atoms with E-state index in [1.54, 1.807) is 17.0 Å². The van der Waals surface area contributed by atoms with Gasteiger partial charge in [-0.3, -0.25) is 4.57 Å². The molecule has 0 amide bonds. The second-order valence-corrected chi connectivity index (χ2v) is 4.59. The van der Waals surface area contributed by atoms with Crippen LogP contribution in [0.1, 0.15) is 0 Å². The van der Waals surface area contributed by atoms with E-state index >= 15 is 0 Å². The zero-order chi connectivity index (χ0) is 13.3. The van der Waals surface area contributed by atoms with Crippen molar-refractivity contribution in [3.05, 3.63) is 33.7 Å². The largest absolute Gasteiger partial charge is 0.395 e. The van der Waals surface area contributed by atoms with Crippen LogP contribution in [0.2, 0.25) is 5.02 Å². The lowest BCUT2D eigenvalue weighted by Gasteiger charge is -2.16. The van der Waals surface area contributed by atoms with Crippen LogP contribution in [0.3, 0.4) is 0 Å². The zero-order valence-corrected chi connectivity index (χ0v) is 11.0. The van der Waals surface area contributed by atoms with E-state index in [2.05, 4.69) is 4.98 Å². The van der Waals surface area contributed by atoms with Crippen molar-refractivity contribution in [2.45, 2.75) is 6.54 Å². The summed E-state index contributed by atoms with van der Waals surface area (Å²) in [7, 11) is 3.65. The lowest BCUT2D eigenvalue weighted by molar-refractivity contribution is 0.275. The molecule has 0 unspecified atom stereocenters. The molecule has 0 radical (unpaired) electrons. The molecule has 0 fully saturated rings. The second-order valence-electron chi connectivity index (χ2n) is 4.15. The Labute approximate surface area is 109 Å². The fourth-order valence-corrected chi connectivity index (χ4v) is 2.05. The van der Waals surface area contributed by atoms with Gasteiger partial charge in [0.15, 0.2) is 0 Å². The van der Waals surface area contributed by atoms with Gasteiger partial charge in [-0.15, -0.1) is 0 Å². The number of rotatable bonds is 3. The summed E-state index contributed by atoms with van der Waals surface area (Å²) < 4.78 is 1.42. The molecule has 0 atom stereocenters. The number of hydrogen-bond acceptors (Lipinski definition) is 4. The van der Waals surface area contributed by atoms with E-state index in [1.165, 1.54) is 4.57 Å². The number of aliphatic hydroxyl groups is 1. The highest BCUT2D eigenvalue weighted by atomic mass is 35.5. The smallest absolute Gasteiger partial charge is 0.350 e. The van der Waals surface area contributed by atoms with E-state index in [-0.39, 0.29) is 18.8 Å². The van der Waals surface area contributed by atoms with Crippen LogP contribution in [0.15, 0.2) is 23.0 Å². The predicted molar refractivity (Wildman–Crippen MR) is 72.4 cm³/mol. The minimum Gasteiger partial charge on any atom is -0.395 e. The van der Waals surface area contributed by atoms with Crippen molar-refractivity contribution in [2.24, 2.45) is 0 Å². The van der Waals surface area contributed by atoms with Gasteiger partial charge in [-0.25, -0.2) is 4.79 Å². The van der Waals surface area contributed by atoms with Gasteiger partial charge >= 0.3 is 5.69 Å². The molecule has 0 saturated heterocycles. The first-order valence-corrected chi connectivity index (χ1v) is 5.90. The molecule has 96 valence electrons. The van der Waals surface area contributed by atoms with Gasteiger partial charge in [0.1, 0.15) is 5.82 Å². The fourth-order valence-electron chi connectivity index (χ4n) is 1.89. The van der Waals surface area contributed by atoms with Crippen molar-refractivity contribution in [2.75, 3.05) is 25.6 Å². The van der Waals surface area contributed by atoms with Gasteiger partial charge in [0, 0.05) is 24.5 Å². The van der Waals surface area contributed by atoms with Crippen molar-refractivity contribution in [3.8, 4) is 0 Å². The average Bonchev–Trinajstić information content (AvgIpc) is 2.32. The molecule has 2 aromatic rings. The number of aromatic nitrogens is 2. The molecular weight excluding hydrogens is 254 g/mol. The SMILES string of the molecule is CN(C)c1nc(=O)n(CCO)c2cc(Cl)ccc12. The van der Waals surface area contributed by atoms with Gasteiger partial charge in [-0.05, 0) is 18.2 Å². The van der Waals surface area contributed by atoms with E-state index in [4.69, 9.17) is 16.7 Å². The van der Waals surface area contributed by atoms with Crippen LogP contribution in [0, 0.1) is 0 Å². The van der Waals surface area contributed by atoms with Gasteiger partial charge in [0.2, 0.25) is 0 Å². The number of benzene rings is 1. The molecule has 0 saturated carbocycles. The Hall–Kier alpha value is -1.59. The maximum Gasteiger partial charge on any atom is 0.350 e. The van der Waals surface area contributed by atoms with E-state index in [9.17, 15) is 4.79 Å². The normalized spacial score (nSPS) is 10.9. The Bertz CT molecular complexity index is 637. The molecular formula is C12H14ClN3O2. The summed E-state index contributed by atoms with van der Waals surface area (Å²) in [6.07, 6.45) is 0. The van der Waals surface area contributed by atoms with Crippen LogP contribution < -0.4 is 10.6 Å². The van der Waals surface area contributed by atoms with Crippen molar-refractivity contribution >= 4 is 28.3 Å². The quantitative estimate of drug-likeness (QED) is 0.905. The number of aliphatic hydroxyl groups excluding tert-OH is 1. The molecule has 1 heterocycles. The van der Waals surface area contributed by atoms with Crippen molar-refractivity contribution in [3.63, 3.8) is 0 Å². The third-order valence-electron chi connectivity index (χ3n) is 2.67. The predicted octanol–water partition coefficient (Wildman–Crippen LogP) is 1.11. The fraction of sp³-hybridized carbons (Fsp3) is 0.333. The van der Waals surface area contributed by atoms with Gasteiger partial charge in [-0.2, -0.15) is 4.98 Å². The van der Waals surface area contributed by atoms with Crippen LogP contribution in [-0.2, 0) is 6.54 Å². The van der Waals surface area contributed by atoms with E-state index < -0.39 is 0 Å². The molecule has 2 rings (SSSR count). The molecule has 0 aliphatic rings. The van der Waals surface area contributed by atoms with Crippen LogP contribution in [-0.4, -0.2) is 35.4 Å². The number of anilines is 1. The molecule has 0 spiro atoms. The van der Waals surface area contributed by atoms with Gasteiger partial charge in [0.05, 0.1) is 18.7 Å². The molecule has 1 N–H and O–H groups in total. The van der Waals surface area contributed by atoms with E-state index in [1.807, 2.05) is 20.2 Å². The maximum absolute atomic E-state index is 11.9. The summed E-state index contributed by atoms with van der Waals surface area (Å²) in [5.74, 6) is 0.598. The lowest BCUT2D eigenvalue weighted by Crippen LogP contribution is -2.27. The Balaban J connectivity index is 2.86. The number of fused-ring (bicyclic) bond motifs is 1. The number of halogens is 1. The second kappa shape index (κ2) is 4.96. The molecule has 18 heavy (non-hydrogen) atoms. The van der Waals surface area contributed by atoms with Gasteiger partial charge in [-0.1, -0.05) is 11.6 Å². The van der Waals surface area contributed by atoms with Crippen LogP contribution in [0.5, 0.6) is 0 Å².